The third-order valence-electron chi connectivity index (χ3n) is 3.08. The predicted octanol–water partition coefficient (Wildman–Crippen LogP) is 2.61. The Morgan fingerprint density at radius 3 is 2.71 bits per heavy atom. The van der Waals surface area contributed by atoms with Crippen molar-refractivity contribution in [1.29, 1.82) is 0 Å². The van der Waals surface area contributed by atoms with E-state index < -0.39 is 12.0 Å². The number of hydrogen-bond acceptors (Lipinski definition) is 3. The van der Waals surface area contributed by atoms with E-state index in [2.05, 4.69) is 5.32 Å². The Hall–Kier alpha value is -1.16. The quantitative estimate of drug-likeness (QED) is 0.863. The van der Waals surface area contributed by atoms with Crippen molar-refractivity contribution in [2.24, 2.45) is 5.92 Å². The van der Waals surface area contributed by atoms with E-state index in [4.69, 9.17) is 0 Å². The van der Waals surface area contributed by atoms with Crippen molar-refractivity contribution in [2.45, 2.75) is 19.4 Å². The molecular weight excluding hydrogens is 234 g/mol. The van der Waals surface area contributed by atoms with E-state index in [1.54, 1.807) is 0 Å². The molecule has 92 valence electrons. The molecule has 1 fully saturated rings. The molecule has 0 bridgehead atoms. The molecule has 0 aliphatic carbocycles. The Morgan fingerprint density at radius 1 is 1.47 bits per heavy atom. The van der Waals surface area contributed by atoms with Crippen LogP contribution in [0.25, 0.3) is 0 Å². The SMILES string of the molecule is Cc1ccc(NC(C(=O)O)C2CCSC2)cc1. The fourth-order valence-electron chi connectivity index (χ4n) is 2.03. The maximum atomic E-state index is 11.3. The molecule has 1 heterocycles. The van der Waals surface area contributed by atoms with Gasteiger partial charge in [0.15, 0.2) is 0 Å². The van der Waals surface area contributed by atoms with E-state index in [0.717, 1.165) is 23.6 Å². The summed E-state index contributed by atoms with van der Waals surface area (Å²) in [4.78, 5) is 11.3. The van der Waals surface area contributed by atoms with Gasteiger partial charge < -0.3 is 10.4 Å². The van der Waals surface area contributed by atoms with Crippen molar-refractivity contribution in [2.75, 3.05) is 16.8 Å². The largest absolute Gasteiger partial charge is 0.480 e. The van der Waals surface area contributed by atoms with Gasteiger partial charge in [-0.05, 0) is 42.9 Å². The second-order valence-electron chi connectivity index (χ2n) is 4.45. The van der Waals surface area contributed by atoms with Gasteiger partial charge in [-0.1, -0.05) is 17.7 Å². The van der Waals surface area contributed by atoms with Crippen molar-refractivity contribution in [3.63, 3.8) is 0 Å². The van der Waals surface area contributed by atoms with Crippen LogP contribution in [0.2, 0.25) is 0 Å². The van der Waals surface area contributed by atoms with Crippen molar-refractivity contribution < 1.29 is 9.90 Å². The van der Waals surface area contributed by atoms with Gasteiger partial charge in [0.2, 0.25) is 0 Å². The molecular formula is C13H17NO2S. The third kappa shape index (κ3) is 3.16. The summed E-state index contributed by atoms with van der Waals surface area (Å²) in [7, 11) is 0. The maximum absolute atomic E-state index is 11.3. The Morgan fingerprint density at radius 2 is 2.18 bits per heavy atom. The molecule has 1 saturated heterocycles. The zero-order valence-electron chi connectivity index (χ0n) is 9.85. The van der Waals surface area contributed by atoms with Crippen molar-refractivity contribution in [1.82, 2.24) is 0 Å². The number of carboxylic acids is 1. The zero-order chi connectivity index (χ0) is 12.3. The molecule has 0 aromatic heterocycles. The highest BCUT2D eigenvalue weighted by Gasteiger charge is 2.30. The maximum Gasteiger partial charge on any atom is 0.326 e. The van der Waals surface area contributed by atoms with Crippen LogP contribution < -0.4 is 5.32 Å². The Balaban J connectivity index is 2.06. The lowest BCUT2D eigenvalue weighted by Gasteiger charge is -2.21. The number of aryl methyl sites for hydroxylation is 1. The summed E-state index contributed by atoms with van der Waals surface area (Å²) in [5.74, 6) is 1.50. The molecule has 0 amide bonds. The van der Waals surface area contributed by atoms with Gasteiger partial charge in [0, 0.05) is 5.69 Å². The number of carbonyl (C=O) groups is 1. The number of rotatable bonds is 4. The lowest BCUT2D eigenvalue weighted by atomic mass is 9.99. The summed E-state index contributed by atoms with van der Waals surface area (Å²) in [6.07, 6.45) is 0.987. The first-order valence-corrected chi connectivity index (χ1v) is 6.96. The number of anilines is 1. The predicted molar refractivity (Wildman–Crippen MR) is 71.7 cm³/mol. The monoisotopic (exact) mass is 251 g/mol. The van der Waals surface area contributed by atoms with Crippen LogP contribution in [0.5, 0.6) is 0 Å². The number of thioether (sulfide) groups is 1. The van der Waals surface area contributed by atoms with E-state index in [-0.39, 0.29) is 5.92 Å². The second-order valence-corrected chi connectivity index (χ2v) is 5.60. The molecule has 2 unspecified atom stereocenters. The second kappa shape index (κ2) is 5.45. The molecule has 0 spiro atoms. The van der Waals surface area contributed by atoms with Crippen LogP contribution in [-0.4, -0.2) is 28.6 Å². The average molecular weight is 251 g/mol. The highest BCUT2D eigenvalue weighted by molar-refractivity contribution is 7.99. The molecule has 0 radical (unpaired) electrons. The molecule has 1 aromatic rings. The topological polar surface area (TPSA) is 49.3 Å². The molecule has 2 rings (SSSR count). The number of aliphatic carboxylic acids is 1. The Labute approximate surface area is 106 Å². The molecule has 4 heteroatoms. The summed E-state index contributed by atoms with van der Waals surface area (Å²) < 4.78 is 0. The van der Waals surface area contributed by atoms with Gasteiger partial charge >= 0.3 is 5.97 Å². The van der Waals surface area contributed by atoms with Gasteiger partial charge in [-0.15, -0.1) is 0 Å². The van der Waals surface area contributed by atoms with Crippen LogP contribution in [0.3, 0.4) is 0 Å². The van der Waals surface area contributed by atoms with E-state index in [9.17, 15) is 9.90 Å². The van der Waals surface area contributed by atoms with E-state index in [1.165, 1.54) is 5.56 Å². The molecule has 3 nitrogen and oxygen atoms in total. The molecule has 2 N–H and O–H groups in total. The lowest BCUT2D eigenvalue weighted by molar-refractivity contribution is -0.138. The lowest BCUT2D eigenvalue weighted by Crippen LogP contribution is -2.37. The molecule has 17 heavy (non-hydrogen) atoms. The number of hydrogen-bond donors (Lipinski definition) is 2. The molecule has 2 atom stereocenters. The Kier molecular flexibility index (Phi) is 3.94. The van der Waals surface area contributed by atoms with Gasteiger partial charge in [0.05, 0.1) is 0 Å². The minimum absolute atomic E-state index is 0.235. The van der Waals surface area contributed by atoms with E-state index in [1.807, 2.05) is 43.0 Å². The molecule has 0 saturated carbocycles. The fraction of sp³-hybridized carbons (Fsp3) is 0.462. The van der Waals surface area contributed by atoms with Crippen molar-refractivity contribution >= 4 is 23.4 Å². The van der Waals surface area contributed by atoms with Gasteiger partial charge in [-0.3, -0.25) is 0 Å². The number of nitrogens with one attached hydrogen (secondary N) is 1. The standard InChI is InChI=1S/C13H17NO2S/c1-9-2-4-11(5-3-9)14-12(13(15)16)10-6-7-17-8-10/h2-5,10,12,14H,6-8H2,1H3,(H,15,16). The normalized spacial score (nSPS) is 21.1. The Bertz CT molecular complexity index is 385. The summed E-state index contributed by atoms with van der Waals surface area (Å²) in [6, 6.07) is 7.39. The zero-order valence-corrected chi connectivity index (χ0v) is 10.7. The van der Waals surface area contributed by atoms with E-state index in [0.29, 0.717) is 0 Å². The number of carboxylic acid groups (broad SMARTS) is 1. The summed E-state index contributed by atoms with van der Waals surface area (Å²) in [5.41, 5.74) is 2.07. The first-order valence-electron chi connectivity index (χ1n) is 5.80. The van der Waals surface area contributed by atoms with Crippen LogP contribution in [0.4, 0.5) is 5.69 Å². The first kappa shape index (κ1) is 12.3. The summed E-state index contributed by atoms with van der Waals surface area (Å²) in [5, 5.41) is 12.4. The van der Waals surface area contributed by atoms with Gasteiger partial charge in [-0.25, -0.2) is 4.79 Å². The molecule has 1 aliphatic rings. The van der Waals surface area contributed by atoms with Gasteiger partial charge in [0.1, 0.15) is 6.04 Å². The van der Waals surface area contributed by atoms with E-state index >= 15 is 0 Å². The molecule has 1 aliphatic heterocycles. The fourth-order valence-corrected chi connectivity index (χ4v) is 3.32. The van der Waals surface area contributed by atoms with Gasteiger partial charge in [-0.2, -0.15) is 11.8 Å². The summed E-state index contributed by atoms with van der Waals surface area (Å²) in [6.45, 7) is 2.02. The minimum Gasteiger partial charge on any atom is -0.480 e. The van der Waals surface area contributed by atoms with Crippen LogP contribution >= 0.6 is 11.8 Å². The van der Waals surface area contributed by atoms with Crippen LogP contribution in [0.1, 0.15) is 12.0 Å². The third-order valence-corrected chi connectivity index (χ3v) is 4.26. The van der Waals surface area contributed by atoms with Crippen LogP contribution in [0, 0.1) is 12.8 Å². The van der Waals surface area contributed by atoms with Crippen molar-refractivity contribution in [3.8, 4) is 0 Å². The van der Waals surface area contributed by atoms with Crippen LogP contribution in [0.15, 0.2) is 24.3 Å². The smallest absolute Gasteiger partial charge is 0.326 e. The highest BCUT2D eigenvalue weighted by atomic mass is 32.2. The summed E-state index contributed by atoms with van der Waals surface area (Å²) >= 11 is 1.84. The number of benzene rings is 1. The first-order chi connectivity index (χ1) is 8.16. The van der Waals surface area contributed by atoms with Crippen molar-refractivity contribution in [3.05, 3.63) is 29.8 Å². The van der Waals surface area contributed by atoms with Gasteiger partial charge in [0.25, 0.3) is 0 Å². The van der Waals surface area contributed by atoms with Crippen LogP contribution in [-0.2, 0) is 4.79 Å². The molecule has 1 aromatic carbocycles. The minimum atomic E-state index is -0.752. The average Bonchev–Trinajstić information content (AvgIpc) is 2.81. The highest BCUT2D eigenvalue weighted by Crippen LogP contribution is 2.28.